The number of benzene rings is 2. The Morgan fingerprint density at radius 2 is 2.00 bits per heavy atom. The van der Waals surface area contributed by atoms with Crippen molar-refractivity contribution in [2.75, 3.05) is 42.9 Å². The van der Waals surface area contributed by atoms with Crippen LogP contribution in [-0.4, -0.2) is 33.3 Å². The standard InChI is InChI=1S/C20H22ClN3OS2/c1-13-16-11-14(21)3-6-19(16)26-20(13)27-23-15-4-5-18(25-2)17(12-15)24-9-7-22-8-10-24/h3-6,11-12,22-23H,7-10H2,1-2H3. The Kier molecular flexibility index (Phi) is 5.68. The molecule has 2 heterocycles. The first-order valence-electron chi connectivity index (χ1n) is 8.91. The van der Waals surface area contributed by atoms with Crippen LogP contribution < -0.4 is 19.7 Å². The second-order valence-electron chi connectivity index (χ2n) is 6.48. The summed E-state index contributed by atoms with van der Waals surface area (Å²) in [5.74, 6) is 0.917. The van der Waals surface area contributed by atoms with Crippen molar-refractivity contribution in [3.05, 3.63) is 47.0 Å². The van der Waals surface area contributed by atoms with Gasteiger partial charge in [-0.3, -0.25) is 0 Å². The Morgan fingerprint density at radius 1 is 1.19 bits per heavy atom. The van der Waals surface area contributed by atoms with Crippen molar-refractivity contribution in [1.29, 1.82) is 0 Å². The largest absolute Gasteiger partial charge is 0.495 e. The van der Waals surface area contributed by atoms with Crippen molar-refractivity contribution in [2.45, 2.75) is 11.1 Å². The number of piperazine rings is 1. The minimum absolute atomic E-state index is 0.781. The van der Waals surface area contributed by atoms with Gasteiger partial charge in [-0.15, -0.1) is 11.3 Å². The predicted molar refractivity (Wildman–Crippen MR) is 119 cm³/mol. The van der Waals surface area contributed by atoms with Crippen molar-refractivity contribution in [2.24, 2.45) is 0 Å². The maximum atomic E-state index is 6.15. The number of nitrogens with one attached hydrogen (secondary N) is 2. The van der Waals surface area contributed by atoms with Crippen molar-refractivity contribution >= 4 is 56.3 Å². The second-order valence-corrected chi connectivity index (χ2v) is 9.05. The van der Waals surface area contributed by atoms with Crippen LogP contribution in [-0.2, 0) is 0 Å². The lowest BCUT2D eigenvalue weighted by Crippen LogP contribution is -2.43. The summed E-state index contributed by atoms with van der Waals surface area (Å²) >= 11 is 9.60. The zero-order valence-electron chi connectivity index (χ0n) is 15.3. The molecule has 142 valence electrons. The number of anilines is 2. The number of thiophene rings is 1. The molecule has 0 saturated carbocycles. The summed E-state index contributed by atoms with van der Waals surface area (Å²) in [5.41, 5.74) is 3.49. The van der Waals surface area contributed by atoms with E-state index in [0.29, 0.717) is 0 Å². The summed E-state index contributed by atoms with van der Waals surface area (Å²) in [6.45, 7) is 6.13. The summed E-state index contributed by atoms with van der Waals surface area (Å²) in [6, 6.07) is 12.4. The van der Waals surface area contributed by atoms with Gasteiger partial charge in [-0.05, 0) is 66.2 Å². The van der Waals surface area contributed by atoms with Crippen LogP contribution in [0.3, 0.4) is 0 Å². The lowest BCUT2D eigenvalue weighted by atomic mass is 10.2. The van der Waals surface area contributed by atoms with Gasteiger partial charge in [0.25, 0.3) is 0 Å². The lowest BCUT2D eigenvalue weighted by molar-refractivity contribution is 0.413. The highest BCUT2D eigenvalue weighted by molar-refractivity contribution is 8.02. The fraction of sp³-hybridized carbons (Fsp3) is 0.300. The molecule has 0 radical (unpaired) electrons. The van der Waals surface area contributed by atoms with Crippen LogP contribution in [0.5, 0.6) is 5.75 Å². The van der Waals surface area contributed by atoms with Gasteiger partial charge >= 0.3 is 0 Å². The molecule has 4 rings (SSSR count). The van der Waals surface area contributed by atoms with Gasteiger partial charge in [0, 0.05) is 41.6 Å². The van der Waals surface area contributed by atoms with E-state index in [9.17, 15) is 0 Å². The van der Waals surface area contributed by atoms with Gasteiger partial charge in [-0.1, -0.05) is 11.6 Å². The van der Waals surface area contributed by atoms with E-state index in [-0.39, 0.29) is 0 Å². The van der Waals surface area contributed by atoms with Crippen LogP contribution in [0.15, 0.2) is 40.6 Å². The summed E-state index contributed by atoms with van der Waals surface area (Å²) in [4.78, 5) is 2.37. The molecule has 0 unspecified atom stereocenters. The van der Waals surface area contributed by atoms with Gasteiger partial charge in [0.1, 0.15) is 5.75 Å². The number of hydrogen-bond acceptors (Lipinski definition) is 6. The molecule has 0 atom stereocenters. The summed E-state index contributed by atoms with van der Waals surface area (Å²) < 4.78 is 11.6. The molecule has 1 aliphatic rings. The van der Waals surface area contributed by atoms with Crippen LogP contribution >= 0.6 is 34.9 Å². The van der Waals surface area contributed by atoms with Gasteiger partial charge < -0.3 is 19.7 Å². The Hall–Kier alpha value is -1.60. The van der Waals surface area contributed by atoms with Crippen molar-refractivity contribution in [1.82, 2.24) is 5.32 Å². The molecule has 1 fully saturated rings. The molecule has 0 aliphatic carbocycles. The van der Waals surface area contributed by atoms with E-state index in [1.807, 2.05) is 18.2 Å². The Labute approximate surface area is 173 Å². The van der Waals surface area contributed by atoms with Crippen LogP contribution in [0.1, 0.15) is 5.56 Å². The molecular weight excluding hydrogens is 398 g/mol. The number of ether oxygens (including phenoxy) is 1. The van der Waals surface area contributed by atoms with Crippen LogP contribution in [0.25, 0.3) is 10.1 Å². The van der Waals surface area contributed by atoms with Gasteiger partial charge in [0.2, 0.25) is 0 Å². The van der Waals surface area contributed by atoms with Crippen molar-refractivity contribution in [3.8, 4) is 5.75 Å². The zero-order valence-corrected chi connectivity index (χ0v) is 17.7. The van der Waals surface area contributed by atoms with E-state index >= 15 is 0 Å². The third-order valence-electron chi connectivity index (χ3n) is 4.75. The number of aryl methyl sites for hydroxylation is 1. The normalized spacial score (nSPS) is 14.6. The fourth-order valence-corrected chi connectivity index (χ4v) is 5.53. The number of methoxy groups -OCH3 is 1. The molecule has 0 spiro atoms. The molecule has 1 saturated heterocycles. The van der Waals surface area contributed by atoms with Crippen molar-refractivity contribution in [3.63, 3.8) is 0 Å². The number of fused-ring (bicyclic) bond motifs is 1. The molecule has 0 bridgehead atoms. The highest BCUT2D eigenvalue weighted by Crippen LogP contribution is 2.40. The minimum atomic E-state index is 0.781. The Morgan fingerprint density at radius 3 is 2.78 bits per heavy atom. The molecular formula is C20H22ClN3OS2. The highest BCUT2D eigenvalue weighted by Gasteiger charge is 2.16. The van der Waals surface area contributed by atoms with E-state index in [1.165, 1.54) is 19.9 Å². The molecule has 1 aliphatic heterocycles. The third-order valence-corrected chi connectivity index (χ3v) is 7.38. The van der Waals surface area contributed by atoms with Crippen molar-refractivity contribution < 1.29 is 4.74 Å². The average molecular weight is 420 g/mol. The fourth-order valence-electron chi connectivity index (χ4n) is 3.28. The first-order chi connectivity index (χ1) is 13.2. The van der Waals surface area contributed by atoms with Crippen LogP contribution in [0, 0.1) is 6.92 Å². The van der Waals surface area contributed by atoms with E-state index in [4.69, 9.17) is 16.3 Å². The molecule has 1 aromatic heterocycles. The molecule has 27 heavy (non-hydrogen) atoms. The van der Waals surface area contributed by atoms with E-state index < -0.39 is 0 Å². The molecule has 2 aromatic carbocycles. The highest BCUT2D eigenvalue weighted by atomic mass is 35.5. The monoisotopic (exact) mass is 419 g/mol. The predicted octanol–water partition coefficient (Wildman–Crippen LogP) is 5.40. The first kappa shape index (κ1) is 18.7. The summed E-state index contributed by atoms with van der Waals surface area (Å²) in [5, 5.41) is 5.41. The summed E-state index contributed by atoms with van der Waals surface area (Å²) in [6.07, 6.45) is 0. The zero-order chi connectivity index (χ0) is 18.8. The van der Waals surface area contributed by atoms with Gasteiger partial charge in [0.15, 0.2) is 0 Å². The lowest BCUT2D eigenvalue weighted by Gasteiger charge is -2.30. The SMILES string of the molecule is COc1ccc(NSc2sc3ccc(Cl)cc3c2C)cc1N1CCNCC1. The van der Waals surface area contributed by atoms with E-state index in [0.717, 1.165) is 48.3 Å². The molecule has 7 heteroatoms. The number of halogens is 1. The van der Waals surface area contributed by atoms with Crippen LogP contribution in [0.4, 0.5) is 11.4 Å². The van der Waals surface area contributed by atoms with Gasteiger partial charge in [-0.2, -0.15) is 0 Å². The molecule has 3 aromatic rings. The molecule has 4 nitrogen and oxygen atoms in total. The summed E-state index contributed by atoms with van der Waals surface area (Å²) in [7, 11) is 1.73. The maximum Gasteiger partial charge on any atom is 0.142 e. The number of nitrogens with zero attached hydrogens (tertiary/aromatic N) is 1. The molecule has 0 amide bonds. The number of hydrogen-bond donors (Lipinski definition) is 2. The van der Waals surface area contributed by atoms with E-state index in [1.54, 1.807) is 30.4 Å². The topological polar surface area (TPSA) is 36.5 Å². The van der Waals surface area contributed by atoms with E-state index in [2.05, 4.69) is 40.1 Å². The maximum absolute atomic E-state index is 6.15. The van der Waals surface area contributed by atoms with Gasteiger partial charge in [-0.25, -0.2) is 0 Å². The minimum Gasteiger partial charge on any atom is -0.495 e. The van der Waals surface area contributed by atoms with Gasteiger partial charge in [0.05, 0.1) is 17.0 Å². The third kappa shape index (κ3) is 3.99. The Balaban J connectivity index is 1.55. The quantitative estimate of drug-likeness (QED) is 0.541. The molecule has 2 N–H and O–H groups in total. The Bertz CT molecular complexity index is 954. The first-order valence-corrected chi connectivity index (χ1v) is 10.9. The van der Waals surface area contributed by atoms with Crippen LogP contribution in [0.2, 0.25) is 5.02 Å². The average Bonchev–Trinajstić information content (AvgIpc) is 3.02. The number of rotatable bonds is 5. The second kappa shape index (κ2) is 8.19. The smallest absolute Gasteiger partial charge is 0.142 e.